The van der Waals surface area contributed by atoms with Gasteiger partial charge in [0.05, 0.1) is 25.9 Å². The zero-order valence-electron chi connectivity index (χ0n) is 21.1. The maximum atomic E-state index is 13.2. The lowest BCUT2D eigenvalue weighted by molar-refractivity contribution is -0.187. The van der Waals surface area contributed by atoms with E-state index in [-0.39, 0.29) is 43.0 Å². The molecule has 5 rings (SSSR count). The molecule has 192 valence electrons. The van der Waals surface area contributed by atoms with Crippen molar-refractivity contribution in [2.45, 2.75) is 44.5 Å². The van der Waals surface area contributed by atoms with E-state index in [9.17, 15) is 14.7 Å². The smallest absolute Gasteiger partial charge is 0.323 e. The van der Waals surface area contributed by atoms with Crippen LogP contribution >= 0.6 is 0 Å². The first-order chi connectivity index (χ1) is 17.2. The number of carbonyl (C=O) groups excluding carboxylic acids is 1. The van der Waals surface area contributed by atoms with Crippen LogP contribution in [0, 0.1) is 11.8 Å². The summed E-state index contributed by atoms with van der Waals surface area (Å²) in [6.07, 6.45) is 1.85. The van der Waals surface area contributed by atoms with Gasteiger partial charge in [0.2, 0.25) is 5.91 Å². The lowest BCUT2D eigenvalue weighted by Crippen LogP contribution is -2.56. The fourth-order valence-corrected chi connectivity index (χ4v) is 5.97. The quantitative estimate of drug-likeness (QED) is 0.654. The molecule has 0 spiro atoms. The summed E-state index contributed by atoms with van der Waals surface area (Å²) in [5.74, 6) is 0.808. The Labute approximate surface area is 211 Å². The summed E-state index contributed by atoms with van der Waals surface area (Å²) in [5.41, 5.74) is 1.27. The minimum absolute atomic E-state index is 0.0340. The van der Waals surface area contributed by atoms with Crippen molar-refractivity contribution in [1.29, 1.82) is 0 Å². The van der Waals surface area contributed by atoms with Crippen LogP contribution in [0.4, 0.5) is 5.69 Å². The Balaban J connectivity index is 1.29. The number of piperidine rings is 1. The molecule has 0 aliphatic carbocycles. The molecule has 0 radical (unpaired) electrons. The minimum atomic E-state index is -1.03. The van der Waals surface area contributed by atoms with E-state index >= 15 is 0 Å². The fraction of sp³-hybridized carbons (Fsp3) is 0.500. The SMILES string of the molecule is COc1ccc2c(c1)OC(C)(C)[C@H]1C[C@@H]3CN(CC(=O)N(CC(=O)O)c4ccccc4)CC[C@@H]3O[C@H]21. The highest BCUT2D eigenvalue weighted by Crippen LogP contribution is 2.53. The molecule has 8 heteroatoms. The number of hydrogen-bond acceptors (Lipinski definition) is 6. The molecule has 36 heavy (non-hydrogen) atoms. The first-order valence-electron chi connectivity index (χ1n) is 12.6. The molecule has 3 aliphatic heterocycles. The molecule has 0 unspecified atom stereocenters. The molecule has 8 nitrogen and oxygen atoms in total. The normalized spacial score (nSPS) is 26.5. The molecule has 0 aromatic heterocycles. The minimum Gasteiger partial charge on any atom is -0.497 e. The summed E-state index contributed by atoms with van der Waals surface area (Å²) < 4.78 is 18.6. The first kappa shape index (κ1) is 24.6. The van der Waals surface area contributed by atoms with Crippen LogP contribution in [-0.4, -0.2) is 66.9 Å². The van der Waals surface area contributed by atoms with Crippen molar-refractivity contribution < 1.29 is 28.9 Å². The third-order valence-corrected chi connectivity index (χ3v) is 7.81. The van der Waals surface area contributed by atoms with Gasteiger partial charge in [0.15, 0.2) is 0 Å². The van der Waals surface area contributed by atoms with E-state index < -0.39 is 11.6 Å². The van der Waals surface area contributed by atoms with Crippen molar-refractivity contribution in [3.05, 3.63) is 54.1 Å². The lowest BCUT2D eigenvalue weighted by Gasteiger charge is -2.53. The molecule has 2 aromatic carbocycles. The van der Waals surface area contributed by atoms with Gasteiger partial charge < -0.3 is 24.2 Å². The zero-order chi connectivity index (χ0) is 25.4. The van der Waals surface area contributed by atoms with E-state index in [1.165, 1.54) is 4.90 Å². The average molecular weight is 495 g/mol. The number of nitrogens with zero attached hydrogens (tertiary/aromatic N) is 2. The van der Waals surface area contributed by atoms with Crippen LogP contribution < -0.4 is 14.4 Å². The number of ether oxygens (including phenoxy) is 3. The van der Waals surface area contributed by atoms with E-state index in [1.54, 1.807) is 31.4 Å². The summed E-state index contributed by atoms with van der Waals surface area (Å²) in [5, 5.41) is 9.37. The number of anilines is 1. The van der Waals surface area contributed by atoms with E-state index in [0.717, 1.165) is 43.0 Å². The predicted molar refractivity (Wildman–Crippen MR) is 134 cm³/mol. The van der Waals surface area contributed by atoms with E-state index in [1.807, 2.05) is 18.2 Å². The van der Waals surface area contributed by atoms with Gasteiger partial charge in [-0.25, -0.2) is 0 Å². The zero-order valence-corrected chi connectivity index (χ0v) is 21.1. The van der Waals surface area contributed by atoms with Gasteiger partial charge in [-0.05, 0) is 56.9 Å². The van der Waals surface area contributed by atoms with Crippen LogP contribution in [0.2, 0.25) is 0 Å². The van der Waals surface area contributed by atoms with Gasteiger partial charge in [0, 0.05) is 36.3 Å². The number of fused-ring (bicyclic) bond motifs is 4. The molecule has 2 aromatic rings. The van der Waals surface area contributed by atoms with Crippen molar-refractivity contribution in [1.82, 2.24) is 4.90 Å². The fourth-order valence-electron chi connectivity index (χ4n) is 5.97. The Morgan fingerprint density at radius 3 is 2.69 bits per heavy atom. The second kappa shape index (κ2) is 9.75. The van der Waals surface area contributed by atoms with Gasteiger partial charge in [0.25, 0.3) is 0 Å². The first-order valence-corrected chi connectivity index (χ1v) is 12.6. The maximum absolute atomic E-state index is 13.2. The van der Waals surface area contributed by atoms with Crippen molar-refractivity contribution in [3.8, 4) is 11.5 Å². The molecule has 1 amide bonds. The number of hydrogen-bond donors (Lipinski definition) is 1. The summed E-state index contributed by atoms with van der Waals surface area (Å²) in [6, 6.07) is 14.9. The second-order valence-electron chi connectivity index (χ2n) is 10.5. The van der Waals surface area contributed by atoms with Crippen LogP contribution in [0.3, 0.4) is 0 Å². The largest absolute Gasteiger partial charge is 0.497 e. The predicted octanol–water partition coefficient (Wildman–Crippen LogP) is 3.75. The molecule has 0 saturated carbocycles. The van der Waals surface area contributed by atoms with Crippen LogP contribution in [0.5, 0.6) is 11.5 Å². The number of rotatable bonds is 6. The van der Waals surface area contributed by atoms with Gasteiger partial charge in [-0.1, -0.05) is 18.2 Å². The summed E-state index contributed by atoms with van der Waals surface area (Å²) >= 11 is 0. The van der Waals surface area contributed by atoms with Crippen molar-refractivity contribution in [2.24, 2.45) is 11.8 Å². The Hall–Kier alpha value is -3.10. The Bertz CT molecular complexity index is 1120. The molecule has 2 fully saturated rings. The number of methoxy groups -OCH3 is 1. The molecular weight excluding hydrogens is 460 g/mol. The number of carbonyl (C=O) groups is 2. The summed E-state index contributed by atoms with van der Waals surface area (Å²) in [6.45, 7) is 5.53. The molecule has 4 atom stereocenters. The number of likely N-dealkylation sites (tertiary alicyclic amines) is 1. The lowest BCUT2D eigenvalue weighted by atomic mass is 9.70. The average Bonchev–Trinajstić information content (AvgIpc) is 2.86. The molecular formula is C28H34N2O6. The molecule has 0 bridgehead atoms. The number of benzene rings is 2. The highest BCUT2D eigenvalue weighted by atomic mass is 16.5. The second-order valence-corrected chi connectivity index (χ2v) is 10.5. The third kappa shape index (κ3) is 4.80. The summed E-state index contributed by atoms with van der Waals surface area (Å²) in [4.78, 5) is 28.1. The Kier molecular flexibility index (Phi) is 6.66. The Morgan fingerprint density at radius 1 is 1.19 bits per heavy atom. The molecule has 2 saturated heterocycles. The van der Waals surface area contributed by atoms with Crippen molar-refractivity contribution in [2.75, 3.05) is 38.2 Å². The van der Waals surface area contributed by atoms with E-state index in [0.29, 0.717) is 5.69 Å². The van der Waals surface area contributed by atoms with Gasteiger partial charge in [-0.15, -0.1) is 0 Å². The summed E-state index contributed by atoms with van der Waals surface area (Å²) in [7, 11) is 1.65. The number of para-hydroxylation sites is 1. The molecule has 3 heterocycles. The van der Waals surface area contributed by atoms with E-state index in [4.69, 9.17) is 14.2 Å². The number of aliphatic carboxylic acids is 1. The van der Waals surface area contributed by atoms with Gasteiger partial charge in [0.1, 0.15) is 23.6 Å². The number of carboxylic acids is 1. The van der Waals surface area contributed by atoms with Gasteiger partial charge in [-0.3, -0.25) is 14.5 Å². The van der Waals surface area contributed by atoms with Crippen molar-refractivity contribution in [3.63, 3.8) is 0 Å². The highest BCUT2D eigenvalue weighted by Gasteiger charge is 2.51. The molecule has 1 N–H and O–H groups in total. The van der Waals surface area contributed by atoms with Crippen LogP contribution in [0.15, 0.2) is 48.5 Å². The van der Waals surface area contributed by atoms with Crippen LogP contribution in [-0.2, 0) is 14.3 Å². The van der Waals surface area contributed by atoms with Crippen LogP contribution in [0.25, 0.3) is 0 Å². The molecule has 3 aliphatic rings. The monoisotopic (exact) mass is 494 g/mol. The standard InChI is InChI=1S/C28H34N2O6/c1-28(2)22-13-18-15-29(16-25(31)30(17-26(32)33)19-7-5-4-6-8-19)12-11-23(18)35-27(22)21-10-9-20(34-3)14-24(21)36-28/h4-10,14,18,22-23,27H,11-13,15-17H2,1-3H3,(H,32,33)/t18-,22+,23+,27-/m1/s1. The van der Waals surface area contributed by atoms with Crippen molar-refractivity contribution >= 4 is 17.6 Å². The number of carboxylic acid groups (broad SMARTS) is 1. The topological polar surface area (TPSA) is 88.5 Å². The number of amides is 1. The van der Waals surface area contributed by atoms with Gasteiger partial charge in [-0.2, -0.15) is 0 Å². The van der Waals surface area contributed by atoms with E-state index in [2.05, 4.69) is 24.8 Å². The Morgan fingerprint density at radius 2 is 1.97 bits per heavy atom. The van der Waals surface area contributed by atoms with Gasteiger partial charge >= 0.3 is 5.97 Å². The maximum Gasteiger partial charge on any atom is 0.323 e. The third-order valence-electron chi connectivity index (χ3n) is 7.81. The highest BCUT2D eigenvalue weighted by molar-refractivity contribution is 5.98. The van der Waals surface area contributed by atoms with Crippen LogP contribution in [0.1, 0.15) is 38.4 Å².